The van der Waals surface area contributed by atoms with Gasteiger partial charge in [0, 0.05) is 18.3 Å². The average molecular weight is 259 g/mol. The predicted octanol–water partition coefficient (Wildman–Crippen LogP) is 3.24. The first-order valence-electron chi connectivity index (χ1n) is 5.80. The second-order valence-electron chi connectivity index (χ2n) is 4.05. The highest BCUT2D eigenvalue weighted by molar-refractivity contribution is 5.60. The van der Waals surface area contributed by atoms with Crippen molar-refractivity contribution in [2.24, 2.45) is 5.73 Å². The third-order valence-corrected chi connectivity index (χ3v) is 2.71. The van der Waals surface area contributed by atoms with Crippen LogP contribution in [-0.4, -0.2) is 12.1 Å². The Bertz CT molecular complexity index is 541. The van der Waals surface area contributed by atoms with E-state index in [0.29, 0.717) is 12.4 Å². The molecule has 3 N–H and O–H groups in total. The zero-order valence-electron chi connectivity index (χ0n) is 10.6. The molecule has 1 aromatic carbocycles. The Hall–Kier alpha value is -2.07. The molecule has 1 heterocycles. The van der Waals surface area contributed by atoms with Crippen molar-refractivity contribution in [3.05, 3.63) is 47.5 Å². The Labute approximate surface area is 114 Å². The lowest BCUT2D eigenvalue weighted by Gasteiger charge is -2.10. The van der Waals surface area contributed by atoms with Crippen LogP contribution in [0.15, 0.2) is 36.4 Å². The van der Waals surface area contributed by atoms with Crippen LogP contribution in [0.5, 0.6) is 5.88 Å². The van der Waals surface area contributed by atoms with Gasteiger partial charge < -0.3 is 15.8 Å². The zero-order chi connectivity index (χ0) is 13.0. The van der Waals surface area contributed by atoms with Crippen LogP contribution in [0.1, 0.15) is 18.6 Å². The second-order valence-corrected chi connectivity index (χ2v) is 4.05. The molecule has 0 unspecified atom stereocenters. The van der Waals surface area contributed by atoms with Crippen LogP contribution in [0.2, 0.25) is 0 Å². The standard InChI is InChI=1S/C14H17N3O.CH4/c1-10-6-7-13(18-2)17-14(10)16-12-5-3-4-11(8-12)9-15;/h3-8H,9,15H2,1-2H3,(H,16,17);1H4. The van der Waals surface area contributed by atoms with Crippen LogP contribution in [0.25, 0.3) is 0 Å². The van der Waals surface area contributed by atoms with Crippen molar-refractivity contribution in [2.45, 2.75) is 20.9 Å². The molecule has 1 aromatic heterocycles. The molecule has 0 bridgehead atoms. The lowest BCUT2D eigenvalue weighted by molar-refractivity contribution is 0.398. The number of benzene rings is 1. The summed E-state index contributed by atoms with van der Waals surface area (Å²) in [5.74, 6) is 1.39. The summed E-state index contributed by atoms with van der Waals surface area (Å²) < 4.78 is 5.12. The van der Waals surface area contributed by atoms with Gasteiger partial charge in [0.05, 0.1) is 7.11 Å². The number of nitrogens with zero attached hydrogens (tertiary/aromatic N) is 1. The molecule has 0 aliphatic heterocycles. The van der Waals surface area contributed by atoms with E-state index in [0.717, 1.165) is 22.6 Å². The Balaban J connectivity index is 0.00000180. The van der Waals surface area contributed by atoms with E-state index in [1.54, 1.807) is 7.11 Å². The molecule has 102 valence electrons. The van der Waals surface area contributed by atoms with Gasteiger partial charge in [-0.05, 0) is 30.2 Å². The quantitative estimate of drug-likeness (QED) is 0.885. The molecule has 4 heteroatoms. The van der Waals surface area contributed by atoms with Gasteiger partial charge in [-0.25, -0.2) is 0 Å². The summed E-state index contributed by atoms with van der Waals surface area (Å²) in [5.41, 5.74) is 8.75. The van der Waals surface area contributed by atoms with E-state index in [9.17, 15) is 0 Å². The molecule has 0 saturated heterocycles. The van der Waals surface area contributed by atoms with Gasteiger partial charge in [-0.1, -0.05) is 25.6 Å². The molecule has 0 radical (unpaired) electrons. The van der Waals surface area contributed by atoms with E-state index in [4.69, 9.17) is 10.5 Å². The van der Waals surface area contributed by atoms with Gasteiger partial charge in [0.25, 0.3) is 0 Å². The topological polar surface area (TPSA) is 60.2 Å². The van der Waals surface area contributed by atoms with Gasteiger partial charge in [-0.3, -0.25) is 0 Å². The van der Waals surface area contributed by atoms with E-state index < -0.39 is 0 Å². The van der Waals surface area contributed by atoms with Crippen LogP contribution in [-0.2, 0) is 6.54 Å². The smallest absolute Gasteiger partial charge is 0.214 e. The van der Waals surface area contributed by atoms with Crippen molar-refractivity contribution in [3.8, 4) is 5.88 Å². The molecule has 2 aromatic rings. The fourth-order valence-corrected chi connectivity index (χ4v) is 1.66. The Morgan fingerprint density at radius 1 is 1.26 bits per heavy atom. The number of methoxy groups -OCH3 is 1. The van der Waals surface area contributed by atoms with E-state index in [1.807, 2.05) is 43.3 Å². The van der Waals surface area contributed by atoms with Crippen LogP contribution in [0.4, 0.5) is 11.5 Å². The molecule has 0 atom stereocenters. The maximum absolute atomic E-state index is 5.62. The molecule has 19 heavy (non-hydrogen) atoms. The fourth-order valence-electron chi connectivity index (χ4n) is 1.66. The number of nitrogens with one attached hydrogen (secondary N) is 1. The first-order chi connectivity index (χ1) is 8.72. The van der Waals surface area contributed by atoms with Gasteiger partial charge in [0.1, 0.15) is 5.82 Å². The first kappa shape index (κ1) is 15.0. The van der Waals surface area contributed by atoms with Gasteiger partial charge in [0.2, 0.25) is 5.88 Å². The molecular weight excluding hydrogens is 238 g/mol. The highest BCUT2D eigenvalue weighted by atomic mass is 16.5. The maximum Gasteiger partial charge on any atom is 0.214 e. The Morgan fingerprint density at radius 3 is 2.74 bits per heavy atom. The van der Waals surface area contributed by atoms with Gasteiger partial charge in [-0.2, -0.15) is 4.98 Å². The van der Waals surface area contributed by atoms with Gasteiger partial charge in [0.15, 0.2) is 0 Å². The molecule has 0 aliphatic carbocycles. The first-order valence-corrected chi connectivity index (χ1v) is 5.80. The number of anilines is 2. The number of aryl methyl sites for hydroxylation is 1. The zero-order valence-corrected chi connectivity index (χ0v) is 10.6. The number of pyridine rings is 1. The summed E-state index contributed by atoms with van der Waals surface area (Å²) in [4.78, 5) is 4.38. The number of ether oxygens (including phenoxy) is 1. The number of rotatable bonds is 4. The van der Waals surface area contributed by atoms with Gasteiger partial charge >= 0.3 is 0 Å². The second kappa shape index (κ2) is 6.75. The molecule has 0 amide bonds. The fraction of sp³-hybridized carbons (Fsp3) is 0.267. The van der Waals surface area contributed by atoms with E-state index in [-0.39, 0.29) is 7.43 Å². The molecule has 2 rings (SSSR count). The Morgan fingerprint density at radius 2 is 2.05 bits per heavy atom. The lowest BCUT2D eigenvalue weighted by Crippen LogP contribution is -2.00. The maximum atomic E-state index is 5.62. The predicted molar refractivity (Wildman–Crippen MR) is 79.9 cm³/mol. The Kier molecular flexibility index (Phi) is 5.33. The van der Waals surface area contributed by atoms with Crippen LogP contribution >= 0.6 is 0 Å². The van der Waals surface area contributed by atoms with Crippen LogP contribution in [0, 0.1) is 6.92 Å². The summed E-state index contributed by atoms with van der Waals surface area (Å²) in [5, 5.41) is 3.27. The van der Waals surface area contributed by atoms with Crippen molar-refractivity contribution < 1.29 is 4.74 Å². The molecule has 4 nitrogen and oxygen atoms in total. The molecule has 0 spiro atoms. The lowest BCUT2D eigenvalue weighted by atomic mass is 10.2. The average Bonchev–Trinajstić information content (AvgIpc) is 2.41. The minimum atomic E-state index is 0. The molecule has 0 saturated carbocycles. The van der Waals surface area contributed by atoms with Crippen molar-refractivity contribution >= 4 is 11.5 Å². The van der Waals surface area contributed by atoms with Crippen LogP contribution < -0.4 is 15.8 Å². The highest BCUT2D eigenvalue weighted by Gasteiger charge is 2.03. The van der Waals surface area contributed by atoms with Crippen molar-refractivity contribution in [1.82, 2.24) is 4.98 Å². The minimum absolute atomic E-state index is 0. The summed E-state index contributed by atoms with van der Waals surface area (Å²) in [6.45, 7) is 2.53. The summed E-state index contributed by atoms with van der Waals surface area (Å²) in [6.07, 6.45) is 0. The number of hydrogen-bond acceptors (Lipinski definition) is 4. The monoisotopic (exact) mass is 259 g/mol. The third-order valence-electron chi connectivity index (χ3n) is 2.71. The minimum Gasteiger partial charge on any atom is -0.481 e. The number of hydrogen-bond donors (Lipinski definition) is 2. The van der Waals surface area contributed by atoms with Crippen molar-refractivity contribution in [2.75, 3.05) is 12.4 Å². The normalized spacial score (nSPS) is 9.63. The van der Waals surface area contributed by atoms with Crippen molar-refractivity contribution in [1.29, 1.82) is 0 Å². The van der Waals surface area contributed by atoms with E-state index in [2.05, 4.69) is 10.3 Å². The highest BCUT2D eigenvalue weighted by Crippen LogP contribution is 2.21. The summed E-state index contributed by atoms with van der Waals surface area (Å²) in [6, 6.07) is 11.8. The van der Waals surface area contributed by atoms with Crippen LogP contribution in [0.3, 0.4) is 0 Å². The SMILES string of the molecule is C.COc1ccc(C)c(Nc2cccc(CN)c2)n1. The van der Waals surface area contributed by atoms with E-state index >= 15 is 0 Å². The number of aromatic nitrogens is 1. The summed E-state index contributed by atoms with van der Waals surface area (Å²) >= 11 is 0. The number of nitrogens with two attached hydrogens (primary N) is 1. The van der Waals surface area contributed by atoms with Gasteiger partial charge in [-0.15, -0.1) is 0 Å². The molecular formula is C15H21N3O. The third kappa shape index (κ3) is 3.69. The molecule has 0 fully saturated rings. The van der Waals surface area contributed by atoms with E-state index in [1.165, 1.54) is 0 Å². The largest absolute Gasteiger partial charge is 0.481 e. The summed E-state index contributed by atoms with van der Waals surface area (Å²) in [7, 11) is 1.61. The van der Waals surface area contributed by atoms with Crippen molar-refractivity contribution in [3.63, 3.8) is 0 Å². The molecule has 0 aliphatic rings.